The first-order valence-electron chi connectivity index (χ1n) is 10.5. The highest BCUT2D eigenvalue weighted by Crippen LogP contribution is 2.36. The fourth-order valence-electron chi connectivity index (χ4n) is 4.65. The van der Waals surface area contributed by atoms with Crippen LogP contribution in [0.2, 0.25) is 0 Å². The zero-order valence-electron chi connectivity index (χ0n) is 17.0. The van der Waals surface area contributed by atoms with Gasteiger partial charge in [0.15, 0.2) is 0 Å². The number of hydrogen-bond acceptors (Lipinski definition) is 3. The summed E-state index contributed by atoms with van der Waals surface area (Å²) in [4.78, 5) is 18.2. The van der Waals surface area contributed by atoms with E-state index in [4.69, 9.17) is 4.74 Å². The minimum Gasteiger partial charge on any atom is -0.496 e. The predicted octanol–water partition coefficient (Wildman–Crippen LogP) is 4.56. The van der Waals surface area contributed by atoms with E-state index >= 15 is 0 Å². The fraction of sp³-hybridized carbons (Fsp3) is 0.591. The maximum atomic E-state index is 13.6. The van der Waals surface area contributed by atoms with Crippen LogP contribution < -0.4 is 4.74 Å². The van der Waals surface area contributed by atoms with E-state index in [0.29, 0.717) is 0 Å². The second-order valence-corrected chi connectivity index (χ2v) is 8.93. The van der Waals surface area contributed by atoms with Gasteiger partial charge in [-0.15, -0.1) is 0 Å². The Morgan fingerprint density at radius 1 is 1.04 bits per heavy atom. The third kappa shape index (κ3) is 3.69. The molecule has 1 amide bonds. The SMILES string of the molecule is COc1cc2c(C(=O)N3CCCCC3)c(CN3CCCCC3)n(C)c2cc1Br. The number of rotatable bonds is 4. The summed E-state index contributed by atoms with van der Waals surface area (Å²) in [6.07, 6.45) is 7.24. The normalized spacial score (nSPS) is 18.6. The van der Waals surface area contributed by atoms with Crippen LogP contribution in [0.25, 0.3) is 10.9 Å². The Balaban J connectivity index is 1.82. The number of amides is 1. The molecule has 0 radical (unpaired) electrons. The van der Waals surface area contributed by atoms with Gasteiger partial charge >= 0.3 is 0 Å². The Hall–Kier alpha value is -1.53. The van der Waals surface area contributed by atoms with Gasteiger partial charge < -0.3 is 14.2 Å². The summed E-state index contributed by atoms with van der Waals surface area (Å²) in [5.41, 5.74) is 3.09. The molecule has 28 heavy (non-hydrogen) atoms. The largest absolute Gasteiger partial charge is 0.496 e. The van der Waals surface area contributed by atoms with Gasteiger partial charge in [-0.25, -0.2) is 0 Å². The van der Waals surface area contributed by atoms with Crippen LogP contribution in [-0.2, 0) is 13.6 Å². The van der Waals surface area contributed by atoms with E-state index in [2.05, 4.69) is 38.5 Å². The van der Waals surface area contributed by atoms with Crippen molar-refractivity contribution in [2.45, 2.75) is 45.1 Å². The Kier molecular flexibility index (Phi) is 5.97. The molecular formula is C22H30BrN3O2. The summed E-state index contributed by atoms with van der Waals surface area (Å²) in [5.74, 6) is 0.956. The molecule has 2 saturated heterocycles. The monoisotopic (exact) mass is 447 g/mol. The molecule has 0 N–H and O–H groups in total. The van der Waals surface area contributed by atoms with Gasteiger partial charge in [-0.1, -0.05) is 6.42 Å². The van der Waals surface area contributed by atoms with E-state index in [-0.39, 0.29) is 5.91 Å². The molecule has 1 aromatic heterocycles. The molecule has 2 fully saturated rings. The van der Waals surface area contributed by atoms with Crippen LogP contribution in [0, 0.1) is 0 Å². The lowest BCUT2D eigenvalue weighted by Crippen LogP contribution is -2.37. The lowest BCUT2D eigenvalue weighted by Gasteiger charge is -2.29. The van der Waals surface area contributed by atoms with Gasteiger partial charge in [0.05, 0.1) is 22.7 Å². The van der Waals surface area contributed by atoms with Gasteiger partial charge in [0.25, 0.3) is 5.91 Å². The fourth-order valence-corrected chi connectivity index (χ4v) is 5.15. The van der Waals surface area contributed by atoms with Crippen LogP contribution >= 0.6 is 15.9 Å². The molecule has 0 bridgehead atoms. The Morgan fingerprint density at radius 2 is 1.68 bits per heavy atom. The first-order chi connectivity index (χ1) is 13.6. The maximum absolute atomic E-state index is 13.6. The van der Waals surface area contributed by atoms with Crippen molar-refractivity contribution in [2.75, 3.05) is 33.3 Å². The van der Waals surface area contributed by atoms with Crippen molar-refractivity contribution in [1.82, 2.24) is 14.4 Å². The molecule has 1 aromatic carbocycles. The zero-order valence-corrected chi connectivity index (χ0v) is 18.6. The summed E-state index contributed by atoms with van der Waals surface area (Å²) in [6, 6.07) is 4.11. The van der Waals surface area contributed by atoms with E-state index in [1.54, 1.807) is 7.11 Å². The number of piperidine rings is 2. The molecule has 6 heteroatoms. The average molecular weight is 448 g/mol. The molecule has 0 spiro atoms. The van der Waals surface area contributed by atoms with E-state index in [1.807, 2.05) is 11.0 Å². The van der Waals surface area contributed by atoms with Crippen LogP contribution in [0.3, 0.4) is 0 Å². The smallest absolute Gasteiger partial charge is 0.256 e. The van der Waals surface area contributed by atoms with Crippen LogP contribution in [0.15, 0.2) is 16.6 Å². The third-order valence-electron chi connectivity index (χ3n) is 6.27. The van der Waals surface area contributed by atoms with E-state index < -0.39 is 0 Å². The molecule has 0 atom stereocenters. The Bertz CT molecular complexity index is 865. The number of likely N-dealkylation sites (tertiary alicyclic amines) is 2. The number of carbonyl (C=O) groups excluding carboxylic acids is 1. The van der Waals surface area contributed by atoms with E-state index in [1.165, 1.54) is 25.7 Å². The number of nitrogens with zero attached hydrogens (tertiary/aromatic N) is 3. The number of benzene rings is 1. The standard InChI is InChI=1S/C22H30BrN3O2/c1-24-18-14-17(23)20(28-2)13-16(18)21(22(27)26-11-7-4-8-12-26)19(24)15-25-9-5-3-6-10-25/h13-14H,3-12,15H2,1-2H3. The number of aromatic nitrogens is 1. The summed E-state index contributed by atoms with van der Waals surface area (Å²) < 4.78 is 8.68. The van der Waals surface area contributed by atoms with Crippen LogP contribution in [-0.4, -0.2) is 53.6 Å². The van der Waals surface area contributed by atoms with Gasteiger partial charge in [-0.2, -0.15) is 0 Å². The van der Waals surface area contributed by atoms with Crippen molar-refractivity contribution < 1.29 is 9.53 Å². The van der Waals surface area contributed by atoms with Gasteiger partial charge in [0.2, 0.25) is 0 Å². The first-order valence-corrected chi connectivity index (χ1v) is 11.3. The number of ether oxygens (including phenoxy) is 1. The van der Waals surface area contributed by atoms with Crippen LogP contribution in [0.1, 0.15) is 54.6 Å². The molecule has 2 aliphatic heterocycles. The number of hydrogen-bond donors (Lipinski definition) is 0. The van der Waals surface area contributed by atoms with Crippen LogP contribution in [0.5, 0.6) is 5.75 Å². The third-order valence-corrected chi connectivity index (χ3v) is 6.89. The summed E-state index contributed by atoms with van der Waals surface area (Å²) in [5, 5.41) is 1.00. The highest BCUT2D eigenvalue weighted by molar-refractivity contribution is 9.10. The van der Waals surface area contributed by atoms with Crippen molar-refractivity contribution in [3.8, 4) is 5.75 Å². The number of halogens is 1. The maximum Gasteiger partial charge on any atom is 0.256 e. The average Bonchev–Trinajstić information content (AvgIpc) is 2.99. The zero-order chi connectivity index (χ0) is 19.7. The first kappa shape index (κ1) is 19.8. The highest BCUT2D eigenvalue weighted by Gasteiger charge is 2.28. The number of carbonyl (C=O) groups is 1. The quantitative estimate of drug-likeness (QED) is 0.688. The lowest BCUT2D eigenvalue weighted by molar-refractivity contribution is 0.0723. The van der Waals surface area contributed by atoms with E-state index in [9.17, 15) is 4.79 Å². The topological polar surface area (TPSA) is 37.7 Å². The summed E-state index contributed by atoms with van der Waals surface area (Å²) in [7, 11) is 3.77. The van der Waals surface area contributed by atoms with Crippen LogP contribution in [0.4, 0.5) is 0 Å². The lowest BCUT2D eigenvalue weighted by atomic mass is 10.0. The molecule has 3 heterocycles. The van der Waals surface area contributed by atoms with Gasteiger partial charge in [-0.05, 0) is 73.3 Å². The highest BCUT2D eigenvalue weighted by atomic mass is 79.9. The van der Waals surface area contributed by atoms with Crippen molar-refractivity contribution in [2.24, 2.45) is 7.05 Å². The second kappa shape index (κ2) is 8.46. The number of aryl methyl sites for hydroxylation is 1. The minimum absolute atomic E-state index is 0.182. The molecule has 0 saturated carbocycles. The number of fused-ring (bicyclic) bond motifs is 1. The van der Waals surface area contributed by atoms with Crippen molar-refractivity contribution >= 4 is 32.7 Å². The molecule has 5 nitrogen and oxygen atoms in total. The Morgan fingerprint density at radius 3 is 2.32 bits per heavy atom. The molecule has 2 aliphatic rings. The van der Waals surface area contributed by atoms with E-state index in [0.717, 1.165) is 77.9 Å². The van der Waals surface area contributed by atoms with Gasteiger partial charge in [0.1, 0.15) is 5.75 Å². The van der Waals surface area contributed by atoms with Gasteiger partial charge in [-0.3, -0.25) is 9.69 Å². The summed E-state index contributed by atoms with van der Waals surface area (Å²) >= 11 is 3.61. The predicted molar refractivity (Wildman–Crippen MR) is 116 cm³/mol. The van der Waals surface area contributed by atoms with Gasteiger partial charge in [0, 0.05) is 37.8 Å². The number of methoxy groups -OCH3 is 1. The van der Waals surface area contributed by atoms with Crippen molar-refractivity contribution in [1.29, 1.82) is 0 Å². The summed E-state index contributed by atoms with van der Waals surface area (Å²) in [6.45, 7) is 4.80. The second-order valence-electron chi connectivity index (χ2n) is 8.07. The minimum atomic E-state index is 0.182. The molecular weight excluding hydrogens is 418 g/mol. The van der Waals surface area contributed by atoms with Crippen molar-refractivity contribution in [3.63, 3.8) is 0 Å². The molecule has 152 valence electrons. The Labute approximate surface area is 175 Å². The molecule has 0 aliphatic carbocycles. The van der Waals surface area contributed by atoms with Crippen molar-refractivity contribution in [3.05, 3.63) is 27.9 Å². The molecule has 0 unspecified atom stereocenters. The molecule has 2 aromatic rings. The molecule has 4 rings (SSSR count).